The molecule has 278 valence electrons. The molecule has 14 nitrogen and oxygen atoms in total. The lowest BCUT2D eigenvalue weighted by atomic mass is 9.98. The molecule has 4 aromatic carbocycles. The van der Waals surface area contributed by atoms with Crippen molar-refractivity contribution in [3.63, 3.8) is 0 Å². The van der Waals surface area contributed by atoms with Gasteiger partial charge in [0.15, 0.2) is 23.1 Å². The van der Waals surface area contributed by atoms with Crippen LogP contribution < -0.4 is 10.6 Å². The molecular weight excluding hydrogens is 702 g/mol. The zero-order valence-electron chi connectivity index (χ0n) is 29.8. The first kappa shape index (κ1) is 36.3. The average molecular weight is 740 g/mol. The quantitative estimate of drug-likeness (QED) is 0.111. The van der Waals surface area contributed by atoms with E-state index in [2.05, 4.69) is 37.7 Å². The second-order valence-electron chi connectivity index (χ2n) is 12.6. The molecule has 0 fully saturated rings. The highest BCUT2D eigenvalue weighted by Gasteiger charge is 2.29. The van der Waals surface area contributed by atoms with E-state index in [1.54, 1.807) is 0 Å². The van der Waals surface area contributed by atoms with Crippen LogP contribution in [0.3, 0.4) is 0 Å². The molecule has 2 aromatic heterocycles. The number of imidazole rings is 1. The normalized spacial score (nSPS) is 11.7. The molecule has 14 heteroatoms. The first-order valence-electron chi connectivity index (χ1n) is 17.6. The van der Waals surface area contributed by atoms with E-state index >= 15 is 0 Å². The number of carbonyl (C=O) groups excluding carboxylic acids is 4. The van der Waals surface area contributed by atoms with Gasteiger partial charge in [0, 0.05) is 19.0 Å². The molecule has 6 aromatic rings. The summed E-state index contributed by atoms with van der Waals surface area (Å²) in [6, 6.07) is 34.8. The highest BCUT2D eigenvalue weighted by atomic mass is 16.6. The largest absolute Gasteiger partial charge is 0.468 e. The number of anilines is 1. The van der Waals surface area contributed by atoms with Crippen LogP contribution in [-0.4, -0.2) is 81.8 Å². The van der Waals surface area contributed by atoms with E-state index < -0.39 is 30.2 Å². The van der Waals surface area contributed by atoms with Crippen molar-refractivity contribution >= 4 is 41.0 Å². The van der Waals surface area contributed by atoms with E-state index in [1.165, 1.54) is 29.2 Å². The zero-order chi connectivity index (χ0) is 38.1. The SMILES string of the molecule is COC(=O)CN(CCNC(=O)OCC1c2ccccc2-c2ccccc21)C(=O)Cn1cnc2c(NC(=O)OC(c3ccccc3)c3ccccc3)ncnc21. The molecule has 1 aliphatic rings. The Bertz CT molecular complexity index is 2230. The van der Waals surface area contributed by atoms with Gasteiger partial charge < -0.3 is 29.0 Å². The van der Waals surface area contributed by atoms with Crippen molar-refractivity contribution < 1.29 is 33.4 Å². The summed E-state index contributed by atoms with van der Waals surface area (Å²) in [4.78, 5) is 65.9. The van der Waals surface area contributed by atoms with Crippen LogP contribution in [0.15, 0.2) is 122 Å². The highest BCUT2D eigenvalue weighted by molar-refractivity contribution is 5.94. The molecule has 1 aliphatic carbocycles. The van der Waals surface area contributed by atoms with Gasteiger partial charge in [-0.25, -0.2) is 24.5 Å². The number of fused-ring (bicyclic) bond motifs is 4. The van der Waals surface area contributed by atoms with Crippen molar-refractivity contribution in [2.45, 2.75) is 18.6 Å². The Morgan fingerprint density at radius 3 is 2.04 bits per heavy atom. The molecule has 55 heavy (non-hydrogen) atoms. The van der Waals surface area contributed by atoms with Crippen LogP contribution in [0.4, 0.5) is 15.4 Å². The van der Waals surface area contributed by atoms with E-state index in [-0.39, 0.29) is 55.7 Å². The van der Waals surface area contributed by atoms with Gasteiger partial charge in [0.25, 0.3) is 0 Å². The fourth-order valence-electron chi connectivity index (χ4n) is 6.61. The van der Waals surface area contributed by atoms with Gasteiger partial charge in [-0.2, -0.15) is 0 Å². The van der Waals surface area contributed by atoms with Gasteiger partial charge in [0.1, 0.15) is 26.0 Å². The minimum atomic E-state index is -0.767. The number of benzene rings is 4. The Morgan fingerprint density at radius 2 is 1.40 bits per heavy atom. The predicted octanol–water partition coefficient (Wildman–Crippen LogP) is 5.70. The summed E-state index contributed by atoms with van der Waals surface area (Å²) in [5.74, 6) is -1.13. The highest BCUT2D eigenvalue weighted by Crippen LogP contribution is 2.44. The van der Waals surface area contributed by atoms with E-state index in [0.717, 1.165) is 33.4 Å². The number of aromatic nitrogens is 4. The van der Waals surface area contributed by atoms with Gasteiger partial charge in [-0.3, -0.25) is 14.9 Å². The van der Waals surface area contributed by atoms with E-state index in [1.807, 2.05) is 97.1 Å². The van der Waals surface area contributed by atoms with Crippen molar-refractivity contribution in [1.82, 2.24) is 29.7 Å². The summed E-state index contributed by atoms with van der Waals surface area (Å²) in [6.45, 7) is -0.484. The Kier molecular flexibility index (Phi) is 11.0. The van der Waals surface area contributed by atoms with E-state index in [4.69, 9.17) is 14.2 Å². The fourth-order valence-corrected chi connectivity index (χ4v) is 6.61. The number of carbonyl (C=O) groups is 4. The summed E-state index contributed by atoms with van der Waals surface area (Å²) < 4.78 is 17.8. The van der Waals surface area contributed by atoms with Crippen LogP contribution in [0.1, 0.15) is 34.3 Å². The standard InChI is InChI=1S/C41H37N7O7/c1-53-35(50)23-47(21-20-42-40(51)54-24-33-31-18-10-8-16-29(31)30-17-9-11-19-32(30)33)34(49)22-48-26-45-36-38(43-25-44-39(36)48)46-41(52)55-37(27-12-4-2-5-13-27)28-14-6-3-7-15-28/h2-19,25-26,33,37H,20-24H2,1H3,(H,42,51)(H,43,44,46,52). The van der Waals surface area contributed by atoms with Crippen LogP contribution in [-0.2, 0) is 30.3 Å². The Balaban J connectivity index is 0.971. The fraction of sp³-hybridized carbons (Fsp3) is 0.195. The summed E-state index contributed by atoms with van der Waals surface area (Å²) in [7, 11) is 1.22. The third kappa shape index (κ3) is 8.28. The van der Waals surface area contributed by atoms with Crippen molar-refractivity contribution in [2.75, 3.05) is 38.7 Å². The summed E-state index contributed by atoms with van der Waals surface area (Å²) in [5, 5.41) is 5.34. The van der Waals surface area contributed by atoms with Gasteiger partial charge >= 0.3 is 18.2 Å². The summed E-state index contributed by atoms with van der Waals surface area (Å²) >= 11 is 0. The number of nitrogens with one attached hydrogen (secondary N) is 2. The average Bonchev–Trinajstić information content (AvgIpc) is 3.78. The lowest BCUT2D eigenvalue weighted by molar-refractivity contribution is -0.147. The molecule has 2 N–H and O–H groups in total. The monoisotopic (exact) mass is 739 g/mol. The molecule has 3 amide bonds. The van der Waals surface area contributed by atoms with Gasteiger partial charge in [-0.15, -0.1) is 0 Å². The van der Waals surface area contributed by atoms with Crippen LogP contribution in [0.25, 0.3) is 22.3 Å². The van der Waals surface area contributed by atoms with Gasteiger partial charge in [-0.05, 0) is 33.4 Å². The molecule has 0 spiro atoms. The van der Waals surface area contributed by atoms with Gasteiger partial charge in [-0.1, -0.05) is 109 Å². The van der Waals surface area contributed by atoms with Crippen molar-refractivity contribution in [1.29, 1.82) is 0 Å². The second-order valence-corrected chi connectivity index (χ2v) is 12.6. The number of amides is 3. The summed E-state index contributed by atoms with van der Waals surface area (Å²) in [5.41, 5.74) is 6.46. The van der Waals surface area contributed by atoms with Crippen LogP contribution >= 0.6 is 0 Å². The number of hydrogen-bond acceptors (Lipinski definition) is 10. The van der Waals surface area contributed by atoms with Crippen LogP contribution in [0.2, 0.25) is 0 Å². The predicted molar refractivity (Wildman–Crippen MR) is 202 cm³/mol. The molecule has 2 heterocycles. The Labute approximate surface area is 316 Å². The van der Waals surface area contributed by atoms with E-state index in [9.17, 15) is 19.2 Å². The Morgan fingerprint density at radius 1 is 0.782 bits per heavy atom. The molecule has 0 saturated carbocycles. The lowest BCUT2D eigenvalue weighted by Crippen LogP contribution is -2.43. The van der Waals surface area contributed by atoms with Crippen LogP contribution in [0.5, 0.6) is 0 Å². The molecule has 0 bridgehead atoms. The smallest absolute Gasteiger partial charge is 0.413 e. The topological polar surface area (TPSA) is 167 Å². The maximum absolute atomic E-state index is 13.6. The molecule has 7 rings (SSSR count). The molecule has 0 aliphatic heterocycles. The molecule has 0 unspecified atom stereocenters. The number of esters is 1. The molecule has 0 radical (unpaired) electrons. The first-order chi connectivity index (χ1) is 26.9. The minimum Gasteiger partial charge on any atom is -0.468 e. The van der Waals surface area contributed by atoms with E-state index in [0.29, 0.717) is 0 Å². The summed E-state index contributed by atoms with van der Waals surface area (Å²) in [6.07, 6.45) is 0.514. The number of alkyl carbamates (subject to hydrolysis) is 1. The first-order valence-corrected chi connectivity index (χ1v) is 17.6. The van der Waals surface area contributed by atoms with Crippen molar-refractivity contribution in [2.24, 2.45) is 0 Å². The third-order valence-corrected chi connectivity index (χ3v) is 9.25. The Hall–Kier alpha value is -7.09. The number of hydrogen-bond donors (Lipinski definition) is 2. The molecule has 0 atom stereocenters. The zero-order valence-corrected chi connectivity index (χ0v) is 29.8. The molecule has 0 saturated heterocycles. The number of methoxy groups -OCH3 is 1. The minimum absolute atomic E-state index is 0.00932. The maximum Gasteiger partial charge on any atom is 0.413 e. The van der Waals surface area contributed by atoms with Crippen molar-refractivity contribution in [3.8, 4) is 11.1 Å². The number of nitrogens with zero attached hydrogens (tertiary/aromatic N) is 5. The van der Waals surface area contributed by atoms with Crippen molar-refractivity contribution in [3.05, 3.63) is 144 Å². The van der Waals surface area contributed by atoms with Gasteiger partial charge in [0.05, 0.1) is 13.4 Å². The number of rotatable bonds is 13. The second kappa shape index (κ2) is 16.7. The lowest BCUT2D eigenvalue weighted by Gasteiger charge is -2.22. The van der Waals surface area contributed by atoms with Gasteiger partial charge in [0.2, 0.25) is 5.91 Å². The molecular formula is C41H37N7O7. The van der Waals surface area contributed by atoms with Crippen LogP contribution in [0, 0.1) is 0 Å². The third-order valence-electron chi connectivity index (χ3n) is 9.25. The maximum atomic E-state index is 13.6. The number of ether oxygens (including phenoxy) is 3.